The number of ether oxygens (including phenoxy) is 2. The van der Waals surface area contributed by atoms with E-state index in [0.717, 1.165) is 25.7 Å². The third-order valence-electron chi connectivity index (χ3n) is 3.47. The predicted molar refractivity (Wildman–Crippen MR) is 72.1 cm³/mol. The molecule has 0 amide bonds. The Balaban J connectivity index is 2.11. The average Bonchev–Trinajstić information content (AvgIpc) is 2.76. The van der Waals surface area contributed by atoms with E-state index in [9.17, 15) is 20.1 Å². The smallest absolute Gasteiger partial charge is 0.305 e. The van der Waals surface area contributed by atoms with Crippen LogP contribution in [0.3, 0.4) is 0 Å². The molecule has 0 aromatic heterocycles. The maximum absolute atomic E-state index is 11.5. The van der Waals surface area contributed by atoms with Gasteiger partial charge in [-0.1, -0.05) is 32.6 Å². The first kappa shape index (κ1) is 17.4. The standard InChI is InChI=1S/C14H26O6/c1-2-3-4-5-6-7-12(17)19-9-11(16)14-13(18)10(15)8-20-14/h10-11,13-16,18H,2-9H2,1H3/t10-,11+,13+,14+/m0/s1. The van der Waals surface area contributed by atoms with Crippen LogP contribution in [-0.2, 0) is 14.3 Å². The lowest BCUT2D eigenvalue weighted by Crippen LogP contribution is -2.41. The maximum Gasteiger partial charge on any atom is 0.305 e. The van der Waals surface area contributed by atoms with Gasteiger partial charge in [0.15, 0.2) is 0 Å². The first-order valence-corrected chi connectivity index (χ1v) is 7.37. The lowest BCUT2D eigenvalue weighted by atomic mass is 10.1. The molecular formula is C14H26O6. The molecule has 0 aromatic carbocycles. The van der Waals surface area contributed by atoms with Crippen molar-refractivity contribution in [3.63, 3.8) is 0 Å². The number of aliphatic hydroxyl groups excluding tert-OH is 3. The molecule has 0 unspecified atom stereocenters. The molecule has 3 N–H and O–H groups in total. The Labute approximate surface area is 119 Å². The van der Waals surface area contributed by atoms with Crippen molar-refractivity contribution in [2.75, 3.05) is 13.2 Å². The normalized spacial score (nSPS) is 27.5. The van der Waals surface area contributed by atoms with Gasteiger partial charge in [-0.05, 0) is 6.42 Å². The fraction of sp³-hybridized carbons (Fsp3) is 0.929. The molecule has 1 saturated heterocycles. The summed E-state index contributed by atoms with van der Waals surface area (Å²) in [5.41, 5.74) is 0. The van der Waals surface area contributed by atoms with Crippen LogP contribution < -0.4 is 0 Å². The molecule has 0 aromatic rings. The summed E-state index contributed by atoms with van der Waals surface area (Å²) < 4.78 is 10.0. The van der Waals surface area contributed by atoms with Gasteiger partial charge in [0.1, 0.15) is 31.0 Å². The molecule has 1 heterocycles. The Kier molecular flexibility index (Phi) is 8.06. The lowest BCUT2D eigenvalue weighted by Gasteiger charge is -2.20. The van der Waals surface area contributed by atoms with Crippen LogP contribution in [0.4, 0.5) is 0 Å². The van der Waals surface area contributed by atoms with Crippen molar-refractivity contribution in [3.8, 4) is 0 Å². The number of unbranched alkanes of at least 4 members (excludes halogenated alkanes) is 4. The lowest BCUT2D eigenvalue weighted by molar-refractivity contribution is -0.151. The second-order valence-electron chi connectivity index (χ2n) is 5.27. The summed E-state index contributed by atoms with van der Waals surface area (Å²) in [7, 11) is 0. The zero-order valence-electron chi connectivity index (χ0n) is 12.0. The summed E-state index contributed by atoms with van der Waals surface area (Å²) in [6, 6.07) is 0. The van der Waals surface area contributed by atoms with E-state index in [1.165, 1.54) is 6.42 Å². The zero-order valence-corrected chi connectivity index (χ0v) is 12.0. The summed E-state index contributed by atoms with van der Waals surface area (Å²) >= 11 is 0. The average molecular weight is 290 g/mol. The molecule has 0 aliphatic carbocycles. The molecule has 0 bridgehead atoms. The molecule has 6 heteroatoms. The topological polar surface area (TPSA) is 96.2 Å². The molecule has 1 fully saturated rings. The Morgan fingerprint density at radius 1 is 1.30 bits per heavy atom. The Morgan fingerprint density at radius 2 is 2.00 bits per heavy atom. The zero-order chi connectivity index (χ0) is 15.0. The second-order valence-corrected chi connectivity index (χ2v) is 5.27. The molecule has 1 aliphatic rings. The van der Waals surface area contributed by atoms with Gasteiger partial charge >= 0.3 is 5.97 Å². The SMILES string of the molecule is CCCCCCCC(=O)OC[C@@H](O)[C@H]1OC[C@H](O)[C@H]1O. The highest BCUT2D eigenvalue weighted by Crippen LogP contribution is 2.18. The van der Waals surface area contributed by atoms with Crippen LogP contribution in [0.2, 0.25) is 0 Å². The van der Waals surface area contributed by atoms with Crippen LogP contribution in [0, 0.1) is 0 Å². The summed E-state index contributed by atoms with van der Waals surface area (Å²) in [5.74, 6) is -0.353. The molecule has 6 nitrogen and oxygen atoms in total. The van der Waals surface area contributed by atoms with Crippen LogP contribution in [0.15, 0.2) is 0 Å². The third-order valence-corrected chi connectivity index (χ3v) is 3.47. The molecular weight excluding hydrogens is 264 g/mol. The van der Waals surface area contributed by atoms with Crippen LogP contribution in [0.25, 0.3) is 0 Å². The van der Waals surface area contributed by atoms with E-state index in [0.29, 0.717) is 6.42 Å². The summed E-state index contributed by atoms with van der Waals surface area (Å²) in [6.45, 7) is 1.89. The first-order chi connectivity index (χ1) is 9.56. The van der Waals surface area contributed by atoms with Gasteiger partial charge in [0, 0.05) is 6.42 Å². The number of carbonyl (C=O) groups is 1. The van der Waals surface area contributed by atoms with Crippen molar-refractivity contribution < 1.29 is 29.6 Å². The Hall–Kier alpha value is -0.690. The molecule has 0 saturated carbocycles. The van der Waals surface area contributed by atoms with Crippen molar-refractivity contribution in [2.24, 2.45) is 0 Å². The van der Waals surface area contributed by atoms with Crippen molar-refractivity contribution in [2.45, 2.75) is 69.9 Å². The van der Waals surface area contributed by atoms with Gasteiger partial charge in [-0.3, -0.25) is 4.79 Å². The maximum atomic E-state index is 11.5. The highest BCUT2D eigenvalue weighted by molar-refractivity contribution is 5.69. The van der Waals surface area contributed by atoms with Gasteiger partial charge in [-0.25, -0.2) is 0 Å². The van der Waals surface area contributed by atoms with E-state index in [2.05, 4.69) is 6.92 Å². The quantitative estimate of drug-likeness (QED) is 0.419. The van der Waals surface area contributed by atoms with Crippen molar-refractivity contribution >= 4 is 5.97 Å². The van der Waals surface area contributed by atoms with Gasteiger partial charge in [-0.2, -0.15) is 0 Å². The van der Waals surface area contributed by atoms with Gasteiger partial charge in [0.05, 0.1) is 6.61 Å². The largest absolute Gasteiger partial charge is 0.463 e. The Morgan fingerprint density at radius 3 is 2.60 bits per heavy atom. The molecule has 20 heavy (non-hydrogen) atoms. The molecule has 1 rings (SSSR count). The van der Waals surface area contributed by atoms with Crippen LogP contribution >= 0.6 is 0 Å². The number of esters is 1. The minimum atomic E-state index is -1.14. The second kappa shape index (κ2) is 9.28. The van der Waals surface area contributed by atoms with Gasteiger partial charge in [0.25, 0.3) is 0 Å². The van der Waals surface area contributed by atoms with E-state index in [1.54, 1.807) is 0 Å². The predicted octanol–water partition coefficient (Wildman–Crippen LogP) is 0.372. The fourth-order valence-corrected chi connectivity index (χ4v) is 2.18. The third kappa shape index (κ3) is 5.75. The van der Waals surface area contributed by atoms with Gasteiger partial charge < -0.3 is 24.8 Å². The van der Waals surface area contributed by atoms with E-state index in [1.807, 2.05) is 0 Å². The van der Waals surface area contributed by atoms with Crippen molar-refractivity contribution in [1.82, 2.24) is 0 Å². The fourth-order valence-electron chi connectivity index (χ4n) is 2.18. The summed E-state index contributed by atoms with van der Waals surface area (Å²) in [6.07, 6.45) is 1.42. The Bertz CT molecular complexity index is 283. The van der Waals surface area contributed by atoms with E-state index >= 15 is 0 Å². The number of rotatable bonds is 9. The first-order valence-electron chi connectivity index (χ1n) is 7.37. The monoisotopic (exact) mass is 290 g/mol. The molecule has 0 radical (unpaired) electrons. The summed E-state index contributed by atoms with van der Waals surface area (Å²) in [4.78, 5) is 11.5. The molecule has 4 atom stereocenters. The molecule has 0 spiro atoms. The van der Waals surface area contributed by atoms with Gasteiger partial charge in [-0.15, -0.1) is 0 Å². The number of aliphatic hydroxyl groups is 3. The van der Waals surface area contributed by atoms with Crippen molar-refractivity contribution in [3.05, 3.63) is 0 Å². The van der Waals surface area contributed by atoms with Crippen LogP contribution in [-0.4, -0.2) is 58.9 Å². The van der Waals surface area contributed by atoms with E-state index < -0.39 is 24.4 Å². The number of hydrogen-bond donors (Lipinski definition) is 3. The number of carbonyl (C=O) groups excluding carboxylic acids is 1. The minimum absolute atomic E-state index is 0.0196. The highest BCUT2D eigenvalue weighted by atomic mass is 16.6. The number of hydrogen-bond acceptors (Lipinski definition) is 6. The summed E-state index contributed by atoms with van der Waals surface area (Å²) in [5, 5.41) is 28.6. The van der Waals surface area contributed by atoms with Crippen molar-refractivity contribution in [1.29, 1.82) is 0 Å². The van der Waals surface area contributed by atoms with Crippen LogP contribution in [0.5, 0.6) is 0 Å². The molecule has 1 aliphatic heterocycles. The van der Waals surface area contributed by atoms with Crippen LogP contribution in [0.1, 0.15) is 45.4 Å². The van der Waals surface area contributed by atoms with Gasteiger partial charge in [0.2, 0.25) is 0 Å². The highest BCUT2D eigenvalue weighted by Gasteiger charge is 2.39. The van der Waals surface area contributed by atoms with E-state index in [4.69, 9.17) is 9.47 Å². The minimum Gasteiger partial charge on any atom is -0.463 e. The van der Waals surface area contributed by atoms with E-state index in [-0.39, 0.29) is 19.2 Å². The molecule has 118 valence electrons.